The van der Waals surface area contributed by atoms with Gasteiger partial charge in [-0.1, -0.05) is 24.3 Å². The van der Waals surface area contributed by atoms with E-state index in [2.05, 4.69) is 29.4 Å². The van der Waals surface area contributed by atoms with Crippen LogP contribution in [0.2, 0.25) is 0 Å². The van der Waals surface area contributed by atoms with Gasteiger partial charge in [-0.25, -0.2) is 0 Å². The quantitative estimate of drug-likeness (QED) is 0.893. The Morgan fingerprint density at radius 3 is 2.74 bits per heavy atom. The van der Waals surface area contributed by atoms with Crippen molar-refractivity contribution in [1.29, 1.82) is 0 Å². The molecule has 1 N–H and O–H groups in total. The molecule has 0 aliphatic heterocycles. The van der Waals surface area contributed by atoms with Crippen molar-refractivity contribution in [2.45, 2.75) is 19.4 Å². The van der Waals surface area contributed by atoms with Gasteiger partial charge in [-0.2, -0.15) is 0 Å². The SMILES string of the molecule is CNC(Cc1ccccc1OC)c1cncc(C)c1. The Bertz CT molecular complexity index is 540. The number of methoxy groups -OCH3 is 1. The van der Waals surface area contributed by atoms with E-state index in [4.69, 9.17) is 4.74 Å². The van der Waals surface area contributed by atoms with Gasteiger partial charge in [-0.05, 0) is 43.1 Å². The van der Waals surface area contributed by atoms with Crippen LogP contribution in [0, 0.1) is 6.92 Å². The van der Waals surface area contributed by atoms with E-state index in [1.807, 2.05) is 37.6 Å². The van der Waals surface area contributed by atoms with Crippen molar-refractivity contribution in [3.05, 3.63) is 59.4 Å². The van der Waals surface area contributed by atoms with Crippen LogP contribution < -0.4 is 10.1 Å². The van der Waals surface area contributed by atoms with Crippen LogP contribution in [0.15, 0.2) is 42.7 Å². The summed E-state index contributed by atoms with van der Waals surface area (Å²) < 4.78 is 5.41. The van der Waals surface area contributed by atoms with Gasteiger partial charge >= 0.3 is 0 Å². The first-order chi connectivity index (χ1) is 9.24. The van der Waals surface area contributed by atoms with Gasteiger partial charge in [0.25, 0.3) is 0 Å². The molecule has 0 spiro atoms. The Hall–Kier alpha value is -1.87. The number of para-hydroxylation sites is 1. The Labute approximate surface area is 114 Å². The second-order valence-corrected chi connectivity index (χ2v) is 4.65. The third-order valence-corrected chi connectivity index (χ3v) is 3.26. The van der Waals surface area contributed by atoms with Crippen molar-refractivity contribution in [3.63, 3.8) is 0 Å². The zero-order valence-corrected chi connectivity index (χ0v) is 11.7. The summed E-state index contributed by atoms with van der Waals surface area (Å²) in [6.07, 6.45) is 4.68. The number of benzene rings is 1. The Morgan fingerprint density at radius 2 is 2.05 bits per heavy atom. The topological polar surface area (TPSA) is 34.1 Å². The summed E-state index contributed by atoms with van der Waals surface area (Å²) in [6, 6.07) is 10.5. The lowest BCUT2D eigenvalue weighted by molar-refractivity contribution is 0.406. The molecule has 100 valence electrons. The molecule has 0 aliphatic carbocycles. The average Bonchev–Trinajstić information content (AvgIpc) is 2.45. The van der Waals surface area contributed by atoms with Gasteiger partial charge in [0, 0.05) is 18.4 Å². The summed E-state index contributed by atoms with van der Waals surface area (Å²) in [5.74, 6) is 0.934. The molecule has 0 fully saturated rings. The molecule has 3 nitrogen and oxygen atoms in total. The molecule has 2 rings (SSSR count). The summed E-state index contributed by atoms with van der Waals surface area (Å²) in [5, 5.41) is 3.35. The summed E-state index contributed by atoms with van der Waals surface area (Å²) in [6.45, 7) is 2.06. The molecular formula is C16H20N2O. The van der Waals surface area contributed by atoms with Gasteiger partial charge in [0.2, 0.25) is 0 Å². The van der Waals surface area contributed by atoms with E-state index in [0.29, 0.717) is 0 Å². The molecule has 2 aromatic rings. The number of likely N-dealkylation sites (N-methyl/N-ethyl adjacent to an activating group) is 1. The molecule has 1 heterocycles. The smallest absolute Gasteiger partial charge is 0.122 e. The average molecular weight is 256 g/mol. The van der Waals surface area contributed by atoms with E-state index < -0.39 is 0 Å². The molecular weight excluding hydrogens is 236 g/mol. The van der Waals surface area contributed by atoms with Crippen LogP contribution in [0.4, 0.5) is 0 Å². The third-order valence-electron chi connectivity index (χ3n) is 3.26. The number of pyridine rings is 1. The van der Waals surface area contributed by atoms with Crippen molar-refractivity contribution >= 4 is 0 Å². The van der Waals surface area contributed by atoms with E-state index in [0.717, 1.165) is 12.2 Å². The molecule has 0 saturated heterocycles. The number of aryl methyl sites for hydroxylation is 1. The second kappa shape index (κ2) is 6.34. The minimum absolute atomic E-state index is 0.240. The lowest BCUT2D eigenvalue weighted by Gasteiger charge is -2.18. The zero-order valence-electron chi connectivity index (χ0n) is 11.7. The van der Waals surface area contributed by atoms with Crippen LogP contribution in [0.1, 0.15) is 22.7 Å². The number of aromatic nitrogens is 1. The van der Waals surface area contributed by atoms with Crippen LogP contribution in [0.5, 0.6) is 5.75 Å². The molecule has 0 radical (unpaired) electrons. The number of hydrogen-bond acceptors (Lipinski definition) is 3. The van der Waals surface area contributed by atoms with Crippen LogP contribution in [0.3, 0.4) is 0 Å². The van der Waals surface area contributed by atoms with Gasteiger partial charge in [-0.3, -0.25) is 4.98 Å². The van der Waals surface area contributed by atoms with E-state index in [1.165, 1.54) is 16.7 Å². The molecule has 0 saturated carbocycles. The number of ether oxygens (including phenoxy) is 1. The summed E-state index contributed by atoms with van der Waals surface area (Å²) in [4.78, 5) is 4.27. The largest absolute Gasteiger partial charge is 0.496 e. The molecule has 0 amide bonds. The van der Waals surface area contributed by atoms with Crippen LogP contribution in [0.25, 0.3) is 0 Å². The number of rotatable bonds is 5. The molecule has 3 heteroatoms. The summed E-state index contributed by atoms with van der Waals surface area (Å²) in [5.41, 5.74) is 3.58. The highest BCUT2D eigenvalue weighted by Gasteiger charge is 2.13. The predicted molar refractivity (Wildman–Crippen MR) is 77.5 cm³/mol. The Balaban J connectivity index is 2.24. The van der Waals surface area contributed by atoms with Crippen molar-refractivity contribution in [1.82, 2.24) is 10.3 Å². The van der Waals surface area contributed by atoms with Gasteiger partial charge in [-0.15, -0.1) is 0 Å². The standard InChI is InChI=1S/C16H20N2O/c1-12-8-14(11-18-10-12)15(17-2)9-13-6-4-5-7-16(13)19-3/h4-8,10-11,15,17H,9H2,1-3H3. The van der Waals surface area contributed by atoms with E-state index in [9.17, 15) is 0 Å². The van der Waals surface area contributed by atoms with E-state index in [-0.39, 0.29) is 6.04 Å². The maximum atomic E-state index is 5.41. The second-order valence-electron chi connectivity index (χ2n) is 4.65. The fourth-order valence-corrected chi connectivity index (χ4v) is 2.25. The van der Waals surface area contributed by atoms with Crippen LogP contribution in [-0.4, -0.2) is 19.1 Å². The molecule has 1 aromatic carbocycles. The fraction of sp³-hybridized carbons (Fsp3) is 0.312. The fourth-order valence-electron chi connectivity index (χ4n) is 2.25. The highest BCUT2D eigenvalue weighted by atomic mass is 16.5. The first-order valence-corrected chi connectivity index (χ1v) is 6.45. The minimum Gasteiger partial charge on any atom is -0.496 e. The first kappa shape index (κ1) is 13.6. The maximum absolute atomic E-state index is 5.41. The van der Waals surface area contributed by atoms with Crippen molar-refractivity contribution in [3.8, 4) is 5.75 Å². The monoisotopic (exact) mass is 256 g/mol. The molecule has 19 heavy (non-hydrogen) atoms. The maximum Gasteiger partial charge on any atom is 0.122 e. The van der Waals surface area contributed by atoms with E-state index >= 15 is 0 Å². The highest BCUT2D eigenvalue weighted by molar-refractivity contribution is 5.35. The van der Waals surface area contributed by atoms with Gasteiger partial charge in [0.05, 0.1) is 7.11 Å². The van der Waals surface area contributed by atoms with Crippen molar-refractivity contribution in [2.24, 2.45) is 0 Å². The number of hydrogen-bond donors (Lipinski definition) is 1. The molecule has 0 aliphatic rings. The summed E-state index contributed by atoms with van der Waals surface area (Å²) in [7, 11) is 3.68. The molecule has 1 aromatic heterocycles. The van der Waals surface area contributed by atoms with E-state index in [1.54, 1.807) is 7.11 Å². The Kier molecular flexibility index (Phi) is 4.53. The first-order valence-electron chi connectivity index (χ1n) is 6.45. The van der Waals surface area contributed by atoms with Crippen molar-refractivity contribution in [2.75, 3.05) is 14.2 Å². The Morgan fingerprint density at radius 1 is 1.26 bits per heavy atom. The molecule has 1 atom stereocenters. The molecule has 0 bridgehead atoms. The van der Waals surface area contributed by atoms with Crippen LogP contribution in [-0.2, 0) is 6.42 Å². The van der Waals surface area contributed by atoms with Gasteiger partial charge in [0.15, 0.2) is 0 Å². The summed E-state index contributed by atoms with van der Waals surface area (Å²) >= 11 is 0. The minimum atomic E-state index is 0.240. The predicted octanol–water partition coefficient (Wildman–Crippen LogP) is 2.90. The third kappa shape index (κ3) is 3.32. The highest BCUT2D eigenvalue weighted by Crippen LogP contribution is 2.24. The van der Waals surface area contributed by atoms with Gasteiger partial charge < -0.3 is 10.1 Å². The lowest BCUT2D eigenvalue weighted by Crippen LogP contribution is -2.19. The van der Waals surface area contributed by atoms with Crippen LogP contribution >= 0.6 is 0 Å². The molecule has 1 unspecified atom stereocenters. The number of nitrogens with one attached hydrogen (secondary N) is 1. The zero-order chi connectivity index (χ0) is 13.7. The number of nitrogens with zero attached hydrogens (tertiary/aromatic N) is 1. The normalized spacial score (nSPS) is 12.2. The van der Waals surface area contributed by atoms with Gasteiger partial charge in [0.1, 0.15) is 5.75 Å². The lowest BCUT2D eigenvalue weighted by atomic mass is 9.99. The van der Waals surface area contributed by atoms with Crippen molar-refractivity contribution < 1.29 is 4.74 Å².